The summed E-state index contributed by atoms with van der Waals surface area (Å²) in [7, 11) is 1.79. The first-order valence-corrected chi connectivity index (χ1v) is 8.75. The summed E-state index contributed by atoms with van der Waals surface area (Å²) in [4.78, 5) is 20.2. The van der Waals surface area contributed by atoms with E-state index in [1.54, 1.807) is 34.6 Å². The molecule has 0 spiro atoms. The Balaban J connectivity index is 1.54. The quantitative estimate of drug-likeness (QED) is 0.747. The zero-order valence-corrected chi connectivity index (χ0v) is 14.5. The Bertz CT molecular complexity index is 734. The van der Waals surface area contributed by atoms with Crippen molar-refractivity contribution in [3.8, 4) is 0 Å². The lowest BCUT2D eigenvalue weighted by atomic mass is 10.4. The third kappa shape index (κ3) is 3.45. The van der Waals surface area contributed by atoms with Gasteiger partial charge in [-0.05, 0) is 28.1 Å². The lowest BCUT2D eigenvalue weighted by Crippen LogP contribution is -2.36. The average molecular weight is 385 g/mol. The number of imidazole rings is 1. The van der Waals surface area contributed by atoms with Gasteiger partial charge in [0.25, 0.3) is 0 Å². The van der Waals surface area contributed by atoms with E-state index < -0.39 is 0 Å². The Hall–Kier alpha value is -1.38. The Morgan fingerprint density at radius 3 is 3.10 bits per heavy atom. The molecular formula is C13H13BrN4OS2. The Morgan fingerprint density at radius 1 is 1.52 bits per heavy atom. The maximum absolute atomic E-state index is 12.1. The summed E-state index contributed by atoms with van der Waals surface area (Å²) in [5, 5.41) is 4.87. The largest absolute Gasteiger partial charge is 0.332 e. The highest BCUT2D eigenvalue weighted by Gasteiger charge is 2.11. The zero-order valence-electron chi connectivity index (χ0n) is 11.2. The van der Waals surface area contributed by atoms with E-state index in [0.717, 1.165) is 19.3 Å². The topological polar surface area (TPSA) is 49.6 Å². The van der Waals surface area contributed by atoms with Gasteiger partial charge in [0, 0.05) is 29.7 Å². The highest BCUT2D eigenvalue weighted by atomic mass is 79.9. The van der Waals surface area contributed by atoms with Gasteiger partial charge in [-0.1, -0.05) is 0 Å². The van der Waals surface area contributed by atoms with Gasteiger partial charge in [-0.2, -0.15) is 0 Å². The minimum absolute atomic E-state index is 0.101. The Labute approximate surface area is 138 Å². The van der Waals surface area contributed by atoms with Crippen LogP contribution in [0, 0.1) is 0 Å². The van der Waals surface area contributed by atoms with Gasteiger partial charge in [-0.3, -0.25) is 4.40 Å². The lowest BCUT2D eigenvalue weighted by Gasteiger charge is -2.16. The first kappa shape index (κ1) is 14.6. The molecule has 110 valence electrons. The zero-order chi connectivity index (χ0) is 14.8. The average Bonchev–Trinajstić information content (AvgIpc) is 3.11. The number of nitrogens with one attached hydrogen (secondary N) is 1. The van der Waals surface area contributed by atoms with E-state index in [1.165, 1.54) is 0 Å². The monoisotopic (exact) mass is 384 g/mol. The predicted molar refractivity (Wildman–Crippen MR) is 88.8 cm³/mol. The third-order valence-corrected chi connectivity index (χ3v) is 5.31. The second-order valence-electron chi connectivity index (χ2n) is 4.55. The molecule has 5 nitrogen and oxygen atoms in total. The number of thiophene rings is 1. The molecule has 0 fully saturated rings. The van der Waals surface area contributed by atoms with Crippen molar-refractivity contribution in [2.45, 2.75) is 13.1 Å². The number of urea groups is 1. The molecule has 3 aromatic heterocycles. The van der Waals surface area contributed by atoms with Crippen LogP contribution in [0.1, 0.15) is 10.6 Å². The van der Waals surface area contributed by atoms with Crippen molar-refractivity contribution in [1.82, 2.24) is 19.6 Å². The maximum Gasteiger partial charge on any atom is 0.317 e. The number of amides is 2. The molecule has 3 rings (SSSR count). The number of carbonyl (C=O) groups excluding carboxylic acids is 1. The molecule has 3 aromatic rings. The number of thiazole rings is 1. The molecule has 0 unspecified atom stereocenters. The van der Waals surface area contributed by atoms with Gasteiger partial charge in [-0.25, -0.2) is 9.78 Å². The third-order valence-electron chi connectivity index (χ3n) is 2.93. The van der Waals surface area contributed by atoms with Crippen molar-refractivity contribution >= 4 is 49.6 Å². The summed E-state index contributed by atoms with van der Waals surface area (Å²) in [6, 6.07) is 3.90. The molecule has 0 radical (unpaired) electrons. The Morgan fingerprint density at radius 2 is 2.38 bits per heavy atom. The molecule has 21 heavy (non-hydrogen) atoms. The molecule has 0 aliphatic rings. The van der Waals surface area contributed by atoms with Crippen LogP contribution in [-0.2, 0) is 13.1 Å². The minimum Gasteiger partial charge on any atom is -0.332 e. The number of nitrogens with zero attached hydrogens (tertiary/aromatic N) is 3. The molecule has 0 aliphatic heterocycles. The van der Waals surface area contributed by atoms with Crippen LogP contribution in [0.25, 0.3) is 4.96 Å². The fraction of sp³-hybridized carbons (Fsp3) is 0.231. The number of carbonyl (C=O) groups is 1. The van der Waals surface area contributed by atoms with Gasteiger partial charge < -0.3 is 10.2 Å². The second kappa shape index (κ2) is 6.17. The smallest absolute Gasteiger partial charge is 0.317 e. The number of rotatable bonds is 4. The van der Waals surface area contributed by atoms with E-state index in [-0.39, 0.29) is 6.03 Å². The van der Waals surface area contributed by atoms with E-state index in [0.29, 0.717) is 13.1 Å². The first-order valence-electron chi connectivity index (χ1n) is 6.26. The van der Waals surface area contributed by atoms with Crippen molar-refractivity contribution in [3.63, 3.8) is 0 Å². The van der Waals surface area contributed by atoms with E-state index in [2.05, 4.69) is 26.2 Å². The van der Waals surface area contributed by atoms with Crippen LogP contribution in [0.2, 0.25) is 0 Å². The fourth-order valence-electron chi connectivity index (χ4n) is 1.90. The van der Waals surface area contributed by atoms with Crippen LogP contribution in [-0.4, -0.2) is 27.4 Å². The van der Waals surface area contributed by atoms with Gasteiger partial charge in [0.1, 0.15) is 0 Å². The van der Waals surface area contributed by atoms with Crippen LogP contribution in [0.4, 0.5) is 4.79 Å². The van der Waals surface area contributed by atoms with E-state index in [4.69, 9.17) is 0 Å². The lowest BCUT2D eigenvalue weighted by molar-refractivity contribution is 0.206. The van der Waals surface area contributed by atoms with Crippen molar-refractivity contribution < 1.29 is 4.79 Å². The van der Waals surface area contributed by atoms with E-state index in [9.17, 15) is 4.79 Å². The number of hydrogen-bond acceptors (Lipinski definition) is 4. The van der Waals surface area contributed by atoms with Crippen LogP contribution >= 0.6 is 38.6 Å². The summed E-state index contributed by atoms with van der Waals surface area (Å²) in [6.07, 6.45) is 3.89. The van der Waals surface area contributed by atoms with Crippen LogP contribution < -0.4 is 5.32 Å². The molecule has 8 heteroatoms. The fourth-order valence-corrected chi connectivity index (χ4v) is 4.16. The van der Waals surface area contributed by atoms with Crippen molar-refractivity contribution in [2.75, 3.05) is 7.05 Å². The van der Waals surface area contributed by atoms with Crippen molar-refractivity contribution in [3.05, 3.63) is 44.3 Å². The molecule has 0 aliphatic carbocycles. The predicted octanol–water partition coefficient (Wildman–Crippen LogP) is 3.56. The molecule has 0 saturated heterocycles. The maximum atomic E-state index is 12.1. The summed E-state index contributed by atoms with van der Waals surface area (Å²) in [5.41, 5.74) is 0.863. The number of fused-ring (bicyclic) bond motifs is 1. The van der Waals surface area contributed by atoms with E-state index in [1.807, 2.05) is 34.3 Å². The molecule has 0 atom stereocenters. The van der Waals surface area contributed by atoms with Gasteiger partial charge in [0.15, 0.2) is 4.96 Å². The van der Waals surface area contributed by atoms with Crippen LogP contribution in [0.15, 0.2) is 33.7 Å². The highest BCUT2D eigenvalue weighted by molar-refractivity contribution is 9.11. The highest BCUT2D eigenvalue weighted by Crippen LogP contribution is 2.22. The van der Waals surface area contributed by atoms with Crippen LogP contribution in [0.3, 0.4) is 0 Å². The summed E-state index contributed by atoms with van der Waals surface area (Å²) < 4.78 is 3.03. The SMILES string of the molecule is CN(Cc1ccc(Br)s1)C(=O)NCc1cn2ccsc2n1. The van der Waals surface area contributed by atoms with Crippen LogP contribution in [0.5, 0.6) is 0 Å². The molecule has 3 heterocycles. The summed E-state index contributed by atoms with van der Waals surface area (Å²) in [5.74, 6) is 0. The molecule has 1 N–H and O–H groups in total. The molecule has 2 amide bonds. The standard InChI is InChI=1S/C13H13BrN4OS2/c1-17(8-10-2-3-11(14)21-10)12(19)15-6-9-7-18-4-5-20-13(18)16-9/h2-5,7H,6,8H2,1H3,(H,15,19). The van der Waals surface area contributed by atoms with Gasteiger partial charge >= 0.3 is 6.03 Å². The Kier molecular flexibility index (Phi) is 4.27. The van der Waals surface area contributed by atoms with Gasteiger partial charge in [-0.15, -0.1) is 22.7 Å². The molecule has 0 saturated carbocycles. The van der Waals surface area contributed by atoms with Gasteiger partial charge in [0.05, 0.1) is 22.6 Å². The van der Waals surface area contributed by atoms with E-state index >= 15 is 0 Å². The summed E-state index contributed by atoms with van der Waals surface area (Å²) >= 11 is 6.63. The van der Waals surface area contributed by atoms with Crippen molar-refractivity contribution in [2.24, 2.45) is 0 Å². The normalized spacial score (nSPS) is 11.0. The number of aromatic nitrogens is 2. The molecule has 0 bridgehead atoms. The van der Waals surface area contributed by atoms with Gasteiger partial charge in [0.2, 0.25) is 0 Å². The minimum atomic E-state index is -0.101. The summed E-state index contributed by atoms with van der Waals surface area (Å²) in [6.45, 7) is 1.03. The second-order valence-corrected chi connectivity index (χ2v) is 7.97. The number of hydrogen-bond donors (Lipinski definition) is 1. The molecular weight excluding hydrogens is 372 g/mol. The van der Waals surface area contributed by atoms with Crippen molar-refractivity contribution in [1.29, 1.82) is 0 Å². The number of halogens is 1. The first-order chi connectivity index (χ1) is 10.1. The molecule has 0 aromatic carbocycles.